The Labute approximate surface area is 153 Å². The number of carbonyl (C=O) groups is 2. The lowest BCUT2D eigenvalue weighted by Gasteiger charge is -2.18. The van der Waals surface area contributed by atoms with Gasteiger partial charge in [-0.1, -0.05) is 6.07 Å². The smallest absolute Gasteiger partial charge is 0.394 e. The van der Waals surface area contributed by atoms with Crippen molar-refractivity contribution >= 4 is 11.9 Å². The number of aryl methyl sites for hydroxylation is 1. The van der Waals surface area contributed by atoms with Crippen molar-refractivity contribution in [2.24, 2.45) is 11.8 Å². The van der Waals surface area contributed by atoms with E-state index in [1.54, 1.807) is 48.9 Å². The number of carboxylic acid groups (broad SMARTS) is 1. The fourth-order valence-electron chi connectivity index (χ4n) is 3.54. The van der Waals surface area contributed by atoms with Crippen molar-refractivity contribution in [1.29, 1.82) is 0 Å². The maximum atomic E-state index is 13.2. The van der Waals surface area contributed by atoms with Gasteiger partial charge in [-0.15, -0.1) is 0 Å². The second kappa shape index (κ2) is 6.71. The van der Waals surface area contributed by atoms with Gasteiger partial charge in [0.25, 0.3) is 5.91 Å². The first kappa shape index (κ1) is 18.9. The lowest BCUT2D eigenvalue weighted by molar-refractivity contribution is -0.187. The van der Waals surface area contributed by atoms with Crippen molar-refractivity contribution in [2.45, 2.75) is 20.0 Å². The van der Waals surface area contributed by atoms with Gasteiger partial charge in [-0.2, -0.15) is 13.2 Å². The molecule has 2 atom stereocenters. The van der Waals surface area contributed by atoms with Crippen molar-refractivity contribution in [2.75, 3.05) is 13.1 Å². The molecule has 1 fully saturated rings. The summed E-state index contributed by atoms with van der Waals surface area (Å²) in [6.45, 7) is 2.32. The van der Waals surface area contributed by atoms with E-state index in [1.807, 2.05) is 0 Å². The SMILES string of the molecule is Cc1cc(C(=O)N2C[C@@H](C(F)(F)F)[C@H](C(=O)O)C2)c(C)n1-c1ccccn1. The lowest BCUT2D eigenvalue weighted by atomic mass is 9.96. The molecule has 0 unspecified atom stereocenters. The molecule has 1 amide bonds. The fraction of sp³-hybridized carbons (Fsp3) is 0.389. The maximum Gasteiger partial charge on any atom is 0.394 e. The summed E-state index contributed by atoms with van der Waals surface area (Å²) in [6, 6.07) is 6.87. The highest BCUT2D eigenvalue weighted by Crippen LogP contribution is 2.38. The Morgan fingerprint density at radius 2 is 1.93 bits per heavy atom. The highest BCUT2D eigenvalue weighted by molar-refractivity contribution is 5.96. The zero-order valence-corrected chi connectivity index (χ0v) is 14.7. The van der Waals surface area contributed by atoms with Gasteiger partial charge >= 0.3 is 12.1 Å². The number of halogens is 3. The van der Waals surface area contributed by atoms with Gasteiger partial charge in [0.1, 0.15) is 5.82 Å². The molecule has 0 spiro atoms. The number of hydrogen-bond donors (Lipinski definition) is 1. The normalized spacial score (nSPS) is 20.1. The average Bonchev–Trinajstić information content (AvgIpc) is 3.17. The van der Waals surface area contributed by atoms with E-state index in [-0.39, 0.29) is 5.56 Å². The molecule has 3 heterocycles. The van der Waals surface area contributed by atoms with E-state index in [1.165, 1.54) is 0 Å². The van der Waals surface area contributed by atoms with E-state index < -0.39 is 43.0 Å². The first-order valence-corrected chi connectivity index (χ1v) is 8.30. The van der Waals surface area contributed by atoms with Gasteiger partial charge in [0.15, 0.2) is 0 Å². The van der Waals surface area contributed by atoms with E-state index >= 15 is 0 Å². The standard InChI is InChI=1S/C18H18F3N3O3/c1-10-7-12(11(2)24(10)15-5-3-4-6-22-15)16(25)23-8-13(17(26)27)14(9-23)18(19,20)21/h3-7,13-14H,8-9H2,1-2H3,(H,26,27)/t13-,14-/m1/s1. The van der Waals surface area contributed by atoms with Crippen LogP contribution in [0.2, 0.25) is 0 Å². The first-order chi connectivity index (χ1) is 12.6. The van der Waals surface area contributed by atoms with Crippen LogP contribution in [0.15, 0.2) is 30.5 Å². The first-order valence-electron chi connectivity index (χ1n) is 8.30. The van der Waals surface area contributed by atoms with Gasteiger partial charge in [-0.05, 0) is 32.0 Å². The molecule has 0 saturated carbocycles. The lowest BCUT2D eigenvalue weighted by Crippen LogP contribution is -2.34. The van der Waals surface area contributed by atoms with Gasteiger partial charge < -0.3 is 14.6 Å². The summed E-state index contributed by atoms with van der Waals surface area (Å²) in [6.07, 6.45) is -3.08. The van der Waals surface area contributed by atoms with Gasteiger partial charge in [-0.25, -0.2) is 4.98 Å². The third kappa shape index (κ3) is 3.41. The van der Waals surface area contributed by atoms with Crippen LogP contribution in [0, 0.1) is 25.7 Å². The number of aromatic nitrogens is 2. The number of hydrogen-bond acceptors (Lipinski definition) is 3. The van der Waals surface area contributed by atoms with Gasteiger partial charge in [0.05, 0.1) is 17.4 Å². The Morgan fingerprint density at radius 3 is 2.44 bits per heavy atom. The van der Waals surface area contributed by atoms with Crippen molar-refractivity contribution < 1.29 is 27.9 Å². The van der Waals surface area contributed by atoms with Crippen molar-refractivity contribution in [3.8, 4) is 5.82 Å². The number of carboxylic acids is 1. The fourth-order valence-corrected chi connectivity index (χ4v) is 3.54. The molecule has 0 aromatic carbocycles. The number of amides is 1. The van der Waals surface area contributed by atoms with Crippen LogP contribution in [0.3, 0.4) is 0 Å². The molecular formula is C18H18F3N3O3. The molecule has 0 aliphatic carbocycles. The summed E-state index contributed by atoms with van der Waals surface area (Å²) in [5.74, 6) is -5.30. The summed E-state index contributed by atoms with van der Waals surface area (Å²) in [5.41, 5.74) is 1.49. The molecule has 0 radical (unpaired) electrons. The second-order valence-corrected chi connectivity index (χ2v) is 6.61. The molecule has 2 aromatic rings. The van der Waals surface area contributed by atoms with Gasteiger partial charge in [0, 0.05) is 30.7 Å². The quantitative estimate of drug-likeness (QED) is 0.887. The Kier molecular flexibility index (Phi) is 4.71. The van der Waals surface area contributed by atoms with E-state index in [0.29, 0.717) is 17.2 Å². The summed E-state index contributed by atoms with van der Waals surface area (Å²) in [4.78, 5) is 29.3. The van der Waals surface area contributed by atoms with E-state index in [0.717, 1.165) is 4.90 Å². The third-order valence-corrected chi connectivity index (χ3v) is 4.88. The van der Waals surface area contributed by atoms with E-state index in [4.69, 9.17) is 5.11 Å². The van der Waals surface area contributed by atoms with Crippen LogP contribution in [0.4, 0.5) is 13.2 Å². The van der Waals surface area contributed by atoms with Crippen LogP contribution in [-0.4, -0.2) is 50.7 Å². The Morgan fingerprint density at radius 1 is 1.22 bits per heavy atom. The van der Waals surface area contributed by atoms with E-state index in [2.05, 4.69) is 4.98 Å². The summed E-state index contributed by atoms with van der Waals surface area (Å²) in [5, 5.41) is 9.12. The van der Waals surface area contributed by atoms with Crippen LogP contribution in [0.25, 0.3) is 5.82 Å². The molecule has 9 heteroatoms. The number of carbonyl (C=O) groups excluding carboxylic acids is 1. The monoisotopic (exact) mass is 381 g/mol. The number of nitrogens with zero attached hydrogens (tertiary/aromatic N) is 3. The molecule has 2 aromatic heterocycles. The minimum absolute atomic E-state index is 0.241. The Bertz CT molecular complexity index is 877. The zero-order chi connectivity index (χ0) is 19.9. The Hall–Kier alpha value is -2.84. The number of pyridine rings is 1. The average molecular weight is 381 g/mol. The van der Waals surface area contributed by atoms with Crippen LogP contribution in [0.1, 0.15) is 21.7 Å². The van der Waals surface area contributed by atoms with Gasteiger partial charge in [0.2, 0.25) is 0 Å². The molecule has 6 nitrogen and oxygen atoms in total. The summed E-state index contributed by atoms with van der Waals surface area (Å²) < 4.78 is 41.2. The molecule has 0 bridgehead atoms. The van der Waals surface area contributed by atoms with Crippen LogP contribution >= 0.6 is 0 Å². The summed E-state index contributed by atoms with van der Waals surface area (Å²) in [7, 11) is 0. The van der Waals surface area contributed by atoms with E-state index in [9.17, 15) is 22.8 Å². The van der Waals surface area contributed by atoms with Crippen LogP contribution in [-0.2, 0) is 4.79 Å². The molecular weight excluding hydrogens is 363 g/mol. The molecule has 1 aliphatic rings. The highest BCUT2D eigenvalue weighted by Gasteiger charge is 2.53. The second-order valence-electron chi connectivity index (χ2n) is 6.61. The molecule has 1 N–H and O–H groups in total. The summed E-state index contributed by atoms with van der Waals surface area (Å²) >= 11 is 0. The van der Waals surface area contributed by atoms with Crippen LogP contribution in [0.5, 0.6) is 0 Å². The molecule has 144 valence electrons. The van der Waals surface area contributed by atoms with Crippen LogP contribution < -0.4 is 0 Å². The van der Waals surface area contributed by atoms with Crippen molar-refractivity contribution in [3.63, 3.8) is 0 Å². The number of likely N-dealkylation sites (tertiary alicyclic amines) is 1. The third-order valence-electron chi connectivity index (χ3n) is 4.88. The molecule has 27 heavy (non-hydrogen) atoms. The highest BCUT2D eigenvalue weighted by atomic mass is 19.4. The minimum Gasteiger partial charge on any atom is -0.481 e. The zero-order valence-electron chi connectivity index (χ0n) is 14.7. The largest absolute Gasteiger partial charge is 0.481 e. The topological polar surface area (TPSA) is 75.4 Å². The van der Waals surface area contributed by atoms with Crippen molar-refractivity contribution in [3.05, 3.63) is 47.4 Å². The predicted molar refractivity (Wildman–Crippen MR) is 89.6 cm³/mol. The molecule has 3 rings (SSSR count). The number of rotatable bonds is 3. The molecule has 1 aliphatic heterocycles. The maximum absolute atomic E-state index is 13.2. The predicted octanol–water partition coefficient (Wildman–Crippen LogP) is 2.82. The number of alkyl halides is 3. The minimum atomic E-state index is -4.68. The van der Waals surface area contributed by atoms with Gasteiger partial charge in [-0.3, -0.25) is 9.59 Å². The Balaban J connectivity index is 1.92. The van der Waals surface area contributed by atoms with Crippen molar-refractivity contribution in [1.82, 2.24) is 14.5 Å². The number of aliphatic carboxylic acids is 1. The molecule has 1 saturated heterocycles.